The lowest BCUT2D eigenvalue weighted by atomic mass is 10.1. The zero-order valence-corrected chi connectivity index (χ0v) is 12.0. The maximum Gasteiger partial charge on any atom is 0.234 e. The van der Waals surface area contributed by atoms with Gasteiger partial charge in [0.1, 0.15) is 0 Å². The van der Waals surface area contributed by atoms with E-state index in [0.717, 1.165) is 24.2 Å². The normalized spacial score (nSPS) is 16.3. The number of amides is 2. The predicted octanol–water partition coefficient (Wildman–Crippen LogP) is 1.21. The molecule has 5 heteroatoms. The molecule has 0 bridgehead atoms. The summed E-state index contributed by atoms with van der Waals surface area (Å²) in [6, 6.07) is 7.74. The van der Waals surface area contributed by atoms with Crippen molar-refractivity contribution in [1.29, 1.82) is 0 Å². The van der Waals surface area contributed by atoms with Gasteiger partial charge in [-0.1, -0.05) is 12.1 Å². The molecule has 0 aromatic heterocycles. The summed E-state index contributed by atoms with van der Waals surface area (Å²) in [6.45, 7) is 3.02. The molecule has 1 unspecified atom stereocenters. The van der Waals surface area contributed by atoms with E-state index in [2.05, 4.69) is 10.6 Å². The summed E-state index contributed by atoms with van der Waals surface area (Å²) < 4.78 is 0. The smallest absolute Gasteiger partial charge is 0.234 e. The van der Waals surface area contributed by atoms with Gasteiger partial charge in [-0.05, 0) is 38.1 Å². The predicted molar refractivity (Wildman–Crippen MR) is 78.5 cm³/mol. The van der Waals surface area contributed by atoms with Crippen LogP contribution in [0.5, 0.6) is 0 Å². The topological polar surface area (TPSA) is 61.4 Å². The molecule has 2 amide bonds. The van der Waals surface area contributed by atoms with E-state index in [0.29, 0.717) is 13.0 Å². The second kappa shape index (κ2) is 6.52. The molecule has 0 aliphatic carbocycles. The van der Waals surface area contributed by atoms with Gasteiger partial charge in [0.05, 0.1) is 12.6 Å². The van der Waals surface area contributed by atoms with Crippen LogP contribution >= 0.6 is 0 Å². The summed E-state index contributed by atoms with van der Waals surface area (Å²) >= 11 is 0. The van der Waals surface area contributed by atoms with Crippen molar-refractivity contribution in [3.63, 3.8) is 0 Å². The molecular formula is C15H21N3O2. The van der Waals surface area contributed by atoms with Gasteiger partial charge in [0.2, 0.25) is 11.8 Å². The van der Waals surface area contributed by atoms with Crippen LogP contribution in [0, 0.1) is 0 Å². The summed E-state index contributed by atoms with van der Waals surface area (Å²) in [7, 11) is 1.74. The lowest BCUT2D eigenvalue weighted by Gasteiger charge is -2.19. The molecule has 0 saturated carbocycles. The Balaban J connectivity index is 2.09. The molecule has 1 aliphatic heterocycles. The number of carbonyl (C=O) groups is 2. The van der Waals surface area contributed by atoms with Crippen molar-refractivity contribution in [2.75, 3.05) is 25.0 Å². The van der Waals surface area contributed by atoms with Crippen molar-refractivity contribution in [3.05, 3.63) is 29.8 Å². The number of rotatable bonds is 5. The van der Waals surface area contributed by atoms with E-state index in [4.69, 9.17) is 0 Å². The average molecular weight is 275 g/mol. The van der Waals surface area contributed by atoms with Gasteiger partial charge in [0.15, 0.2) is 0 Å². The monoisotopic (exact) mass is 275 g/mol. The first kappa shape index (κ1) is 14.5. The van der Waals surface area contributed by atoms with Crippen LogP contribution in [-0.4, -0.2) is 32.0 Å². The molecule has 108 valence electrons. The maximum absolute atomic E-state index is 11.8. The van der Waals surface area contributed by atoms with Crippen LogP contribution in [0.1, 0.15) is 31.4 Å². The molecule has 1 aliphatic rings. The summed E-state index contributed by atoms with van der Waals surface area (Å²) in [5, 5.41) is 5.74. The summed E-state index contributed by atoms with van der Waals surface area (Å²) in [4.78, 5) is 25.2. The van der Waals surface area contributed by atoms with Gasteiger partial charge >= 0.3 is 0 Å². The van der Waals surface area contributed by atoms with Crippen LogP contribution in [0.3, 0.4) is 0 Å². The maximum atomic E-state index is 11.8. The van der Waals surface area contributed by atoms with E-state index in [9.17, 15) is 9.59 Å². The zero-order chi connectivity index (χ0) is 14.5. The Labute approximate surface area is 119 Å². The van der Waals surface area contributed by atoms with Crippen LogP contribution in [-0.2, 0) is 9.59 Å². The Morgan fingerprint density at radius 1 is 1.45 bits per heavy atom. The van der Waals surface area contributed by atoms with Crippen LogP contribution in [0.25, 0.3) is 0 Å². The fourth-order valence-corrected chi connectivity index (χ4v) is 2.42. The Hall–Kier alpha value is -1.88. The number of nitrogens with one attached hydrogen (secondary N) is 2. The van der Waals surface area contributed by atoms with E-state index in [1.807, 2.05) is 36.1 Å². The second-order valence-corrected chi connectivity index (χ2v) is 5.06. The molecule has 5 nitrogen and oxygen atoms in total. The van der Waals surface area contributed by atoms with E-state index in [1.54, 1.807) is 7.05 Å². The largest absolute Gasteiger partial charge is 0.348 e. The van der Waals surface area contributed by atoms with Crippen molar-refractivity contribution in [2.45, 2.75) is 25.8 Å². The molecule has 1 fully saturated rings. The molecular weight excluding hydrogens is 254 g/mol. The Morgan fingerprint density at radius 3 is 2.90 bits per heavy atom. The van der Waals surface area contributed by atoms with E-state index in [1.165, 1.54) is 0 Å². The molecule has 20 heavy (non-hydrogen) atoms. The van der Waals surface area contributed by atoms with E-state index in [-0.39, 0.29) is 17.9 Å². The lowest BCUT2D eigenvalue weighted by Crippen LogP contribution is -2.34. The van der Waals surface area contributed by atoms with Crippen molar-refractivity contribution in [1.82, 2.24) is 10.6 Å². The molecule has 1 atom stereocenters. The van der Waals surface area contributed by atoms with E-state index >= 15 is 0 Å². The highest BCUT2D eigenvalue weighted by atomic mass is 16.2. The highest BCUT2D eigenvalue weighted by Crippen LogP contribution is 2.24. The third kappa shape index (κ3) is 3.36. The van der Waals surface area contributed by atoms with Gasteiger partial charge in [-0.3, -0.25) is 9.59 Å². The number of hydrogen-bond acceptors (Lipinski definition) is 3. The van der Waals surface area contributed by atoms with Crippen molar-refractivity contribution in [3.8, 4) is 0 Å². The number of hydrogen-bond donors (Lipinski definition) is 2. The summed E-state index contributed by atoms with van der Waals surface area (Å²) in [6.07, 6.45) is 1.54. The quantitative estimate of drug-likeness (QED) is 0.849. The first-order valence-corrected chi connectivity index (χ1v) is 6.96. The molecule has 1 heterocycles. The highest BCUT2D eigenvalue weighted by molar-refractivity contribution is 5.95. The SMILES string of the molecule is CNCC(=O)NC(C)c1cccc(N2CCCC2=O)c1. The number of likely N-dealkylation sites (N-methyl/N-ethyl adjacent to an activating group) is 1. The Morgan fingerprint density at radius 2 is 2.25 bits per heavy atom. The van der Waals surface area contributed by atoms with Crippen LogP contribution in [0.15, 0.2) is 24.3 Å². The number of nitrogens with zero attached hydrogens (tertiary/aromatic N) is 1. The second-order valence-electron chi connectivity index (χ2n) is 5.06. The number of carbonyl (C=O) groups excluding carboxylic acids is 2. The van der Waals surface area contributed by atoms with Crippen LogP contribution in [0.4, 0.5) is 5.69 Å². The minimum Gasteiger partial charge on any atom is -0.348 e. The average Bonchev–Trinajstić information content (AvgIpc) is 2.85. The molecule has 2 rings (SSSR count). The highest BCUT2D eigenvalue weighted by Gasteiger charge is 2.22. The Kier molecular flexibility index (Phi) is 4.74. The van der Waals surface area contributed by atoms with Crippen molar-refractivity contribution in [2.24, 2.45) is 0 Å². The van der Waals surface area contributed by atoms with Crippen molar-refractivity contribution >= 4 is 17.5 Å². The summed E-state index contributed by atoms with van der Waals surface area (Å²) in [5.41, 5.74) is 1.92. The third-order valence-electron chi connectivity index (χ3n) is 3.47. The summed E-state index contributed by atoms with van der Waals surface area (Å²) in [5.74, 6) is 0.136. The third-order valence-corrected chi connectivity index (χ3v) is 3.47. The minimum atomic E-state index is -0.0755. The molecule has 0 radical (unpaired) electrons. The van der Waals surface area contributed by atoms with E-state index < -0.39 is 0 Å². The van der Waals surface area contributed by atoms with Gasteiger partial charge in [0, 0.05) is 18.7 Å². The van der Waals surface area contributed by atoms with Crippen LogP contribution in [0.2, 0.25) is 0 Å². The first-order chi connectivity index (χ1) is 9.61. The van der Waals surface area contributed by atoms with Gasteiger partial charge in [-0.25, -0.2) is 0 Å². The number of benzene rings is 1. The lowest BCUT2D eigenvalue weighted by molar-refractivity contribution is -0.121. The molecule has 1 saturated heterocycles. The van der Waals surface area contributed by atoms with Crippen molar-refractivity contribution < 1.29 is 9.59 Å². The molecule has 0 spiro atoms. The zero-order valence-electron chi connectivity index (χ0n) is 12.0. The van der Waals surface area contributed by atoms with Crippen LogP contribution < -0.4 is 15.5 Å². The number of anilines is 1. The van der Waals surface area contributed by atoms with Gasteiger partial charge in [-0.15, -0.1) is 0 Å². The first-order valence-electron chi connectivity index (χ1n) is 6.96. The van der Waals surface area contributed by atoms with Gasteiger partial charge in [-0.2, -0.15) is 0 Å². The molecule has 1 aromatic carbocycles. The van der Waals surface area contributed by atoms with Gasteiger partial charge in [0.25, 0.3) is 0 Å². The minimum absolute atomic E-state index is 0.0392. The Bertz CT molecular complexity index is 502. The van der Waals surface area contributed by atoms with Gasteiger partial charge < -0.3 is 15.5 Å². The molecule has 2 N–H and O–H groups in total. The fraction of sp³-hybridized carbons (Fsp3) is 0.467. The molecule has 1 aromatic rings. The fourth-order valence-electron chi connectivity index (χ4n) is 2.42. The standard InChI is InChI=1S/C15H21N3O2/c1-11(17-14(19)10-16-2)12-5-3-6-13(9-12)18-8-4-7-15(18)20/h3,5-6,9,11,16H,4,7-8,10H2,1-2H3,(H,17,19).